The highest BCUT2D eigenvalue weighted by molar-refractivity contribution is 5.90. The van der Waals surface area contributed by atoms with Gasteiger partial charge in [0.2, 0.25) is 0 Å². The summed E-state index contributed by atoms with van der Waals surface area (Å²) in [6.45, 7) is 6.69. The van der Waals surface area contributed by atoms with E-state index in [0.29, 0.717) is 11.5 Å². The minimum atomic E-state index is -0.503. The fraction of sp³-hybridized carbons (Fsp3) is 0.0588. The van der Waals surface area contributed by atoms with Crippen molar-refractivity contribution in [3.8, 4) is 11.5 Å². The molecule has 0 fully saturated rings. The molecule has 4 heteroatoms. The second-order valence-electron chi connectivity index (χ2n) is 4.26. The van der Waals surface area contributed by atoms with Gasteiger partial charge in [0, 0.05) is 6.08 Å². The number of hydrogen-bond acceptors (Lipinski definition) is 4. The van der Waals surface area contributed by atoms with E-state index in [2.05, 4.69) is 13.2 Å². The number of rotatable bonds is 6. The zero-order valence-electron chi connectivity index (χ0n) is 11.4. The van der Waals surface area contributed by atoms with Crippen LogP contribution in [0.1, 0.15) is 0 Å². The summed E-state index contributed by atoms with van der Waals surface area (Å²) in [5, 5.41) is 1.81. The predicted octanol–water partition coefficient (Wildman–Crippen LogP) is 3.07. The molecule has 0 bridgehead atoms. The average molecular weight is 282 g/mol. The normalized spacial score (nSPS) is 9.90. The molecule has 0 aromatic heterocycles. The van der Waals surface area contributed by atoms with Crippen LogP contribution in [0.5, 0.6) is 11.5 Å². The van der Waals surface area contributed by atoms with Crippen LogP contribution < -0.4 is 9.47 Å². The van der Waals surface area contributed by atoms with Gasteiger partial charge in [-0.25, -0.2) is 4.79 Å². The van der Waals surface area contributed by atoms with E-state index in [1.54, 1.807) is 18.2 Å². The van der Waals surface area contributed by atoms with Crippen molar-refractivity contribution in [3.63, 3.8) is 0 Å². The first-order valence-corrected chi connectivity index (χ1v) is 6.28. The van der Waals surface area contributed by atoms with Gasteiger partial charge in [0.1, 0.15) is 11.5 Å². The zero-order chi connectivity index (χ0) is 15.2. The predicted molar refractivity (Wildman–Crippen MR) is 80.5 cm³/mol. The second kappa shape index (κ2) is 6.52. The first kappa shape index (κ1) is 14.5. The number of carbonyl (C=O) groups is 2. The zero-order valence-corrected chi connectivity index (χ0v) is 11.4. The van der Waals surface area contributed by atoms with Crippen molar-refractivity contribution >= 4 is 22.5 Å². The van der Waals surface area contributed by atoms with Crippen LogP contribution in [-0.4, -0.2) is 18.4 Å². The molecule has 0 N–H and O–H groups in total. The number of ketones is 1. The lowest BCUT2D eigenvalue weighted by Crippen LogP contribution is -2.07. The molecule has 0 radical (unpaired) electrons. The van der Waals surface area contributed by atoms with E-state index < -0.39 is 5.97 Å². The number of fused-ring (bicyclic) bond motifs is 1. The Hall–Kier alpha value is -2.88. The van der Waals surface area contributed by atoms with Crippen molar-refractivity contribution < 1.29 is 19.1 Å². The summed E-state index contributed by atoms with van der Waals surface area (Å²) in [7, 11) is 0. The molecule has 0 unspecified atom stereocenters. The molecule has 2 aromatic rings. The van der Waals surface area contributed by atoms with Gasteiger partial charge in [0.05, 0.1) is 0 Å². The summed E-state index contributed by atoms with van der Waals surface area (Å²) < 4.78 is 10.4. The topological polar surface area (TPSA) is 52.6 Å². The highest BCUT2D eigenvalue weighted by atomic mass is 16.5. The van der Waals surface area contributed by atoms with E-state index in [9.17, 15) is 9.59 Å². The second-order valence-corrected chi connectivity index (χ2v) is 4.26. The molecule has 0 saturated heterocycles. The summed E-state index contributed by atoms with van der Waals surface area (Å²) >= 11 is 0. The lowest BCUT2D eigenvalue weighted by molar-refractivity contribution is -0.129. The Kier molecular flexibility index (Phi) is 4.51. The Bertz CT molecular complexity index is 716. The van der Waals surface area contributed by atoms with Crippen LogP contribution in [0, 0.1) is 0 Å². The Balaban J connectivity index is 2.19. The Morgan fingerprint density at radius 1 is 0.952 bits per heavy atom. The quantitative estimate of drug-likeness (QED) is 0.464. The third-order valence-corrected chi connectivity index (χ3v) is 2.78. The summed E-state index contributed by atoms with van der Waals surface area (Å²) in [5.74, 6) is 0.357. The smallest absolute Gasteiger partial charge is 0.335 e. The molecule has 0 atom stereocenters. The number of hydrogen-bond donors (Lipinski definition) is 0. The van der Waals surface area contributed by atoms with Crippen molar-refractivity contribution in [2.75, 3.05) is 6.61 Å². The summed E-state index contributed by atoms with van der Waals surface area (Å²) in [5.41, 5.74) is 0. The lowest BCUT2D eigenvalue weighted by Gasteiger charge is -2.07. The monoisotopic (exact) mass is 282 g/mol. The summed E-state index contributed by atoms with van der Waals surface area (Å²) in [6.07, 6.45) is 2.33. The molecule has 4 nitrogen and oxygen atoms in total. The first-order valence-electron chi connectivity index (χ1n) is 6.28. The summed E-state index contributed by atoms with van der Waals surface area (Å²) in [4.78, 5) is 22.3. The Labute approximate surface area is 122 Å². The molecule has 0 spiro atoms. The van der Waals surface area contributed by atoms with Crippen molar-refractivity contribution in [3.05, 3.63) is 61.7 Å². The van der Waals surface area contributed by atoms with Gasteiger partial charge in [-0.2, -0.15) is 0 Å². The van der Waals surface area contributed by atoms with Crippen molar-refractivity contribution in [1.82, 2.24) is 0 Å². The molecule has 2 aromatic carbocycles. The van der Waals surface area contributed by atoms with E-state index in [-0.39, 0.29) is 12.4 Å². The maximum Gasteiger partial charge on any atom is 0.335 e. The largest absolute Gasteiger partial charge is 0.485 e. The Morgan fingerprint density at radius 2 is 1.57 bits per heavy atom. The SMILES string of the molecule is C=CC(=O)COc1ccc2cc(OC(=O)C=C)ccc2c1. The van der Waals surface area contributed by atoms with Gasteiger partial charge >= 0.3 is 5.97 Å². The molecule has 0 saturated carbocycles. The molecule has 0 amide bonds. The van der Waals surface area contributed by atoms with E-state index >= 15 is 0 Å². The van der Waals surface area contributed by atoms with Crippen LogP contribution in [0.4, 0.5) is 0 Å². The van der Waals surface area contributed by atoms with E-state index in [4.69, 9.17) is 9.47 Å². The number of ether oxygens (including phenoxy) is 2. The minimum absolute atomic E-state index is 0.0377. The molecule has 0 heterocycles. The fourth-order valence-electron chi connectivity index (χ4n) is 1.73. The minimum Gasteiger partial charge on any atom is -0.485 e. The highest BCUT2D eigenvalue weighted by Gasteiger charge is 2.04. The average Bonchev–Trinajstić information content (AvgIpc) is 2.52. The van der Waals surface area contributed by atoms with Crippen LogP contribution in [-0.2, 0) is 9.59 Å². The molecule has 0 aliphatic heterocycles. The fourth-order valence-corrected chi connectivity index (χ4v) is 1.73. The molecule has 2 rings (SSSR count). The molecule has 0 aliphatic rings. The number of benzene rings is 2. The standard InChI is InChI=1S/C17H14O4/c1-3-14(18)11-20-15-7-5-13-10-16(21-17(19)4-2)8-6-12(13)9-15/h3-10H,1-2,11H2. The Morgan fingerprint density at radius 3 is 2.19 bits per heavy atom. The molecule has 106 valence electrons. The third-order valence-electron chi connectivity index (χ3n) is 2.78. The van der Waals surface area contributed by atoms with Crippen molar-refractivity contribution in [1.29, 1.82) is 0 Å². The van der Waals surface area contributed by atoms with Gasteiger partial charge in [0.25, 0.3) is 0 Å². The van der Waals surface area contributed by atoms with Crippen molar-refractivity contribution in [2.45, 2.75) is 0 Å². The van der Waals surface area contributed by atoms with Gasteiger partial charge in [-0.1, -0.05) is 25.3 Å². The molecular weight excluding hydrogens is 268 g/mol. The third kappa shape index (κ3) is 3.79. The lowest BCUT2D eigenvalue weighted by atomic mass is 10.1. The molecule has 0 aliphatic carbocycles. The van der Waals surface area contributed by atoms with Crippen molar-refractivity contribution in [2.24, 2.45) is 0 Å². The van der Waals surface area contributed by atoms with E-state index in [1.807, 2.05) is 18.2 Å². The molecule has 21 heavy (non-hydrogen) atoms. The van der Waals surface area contributed by atoms with Crippen LogP contribution in [0.15, 0.2) is 61.7 Å². The molecular formula is C17H14O4. The van der Waals surface area contributed by atoms with Gasteiger partial charge in [-0.3, -0.25) is 4.79 Å². The maximum absolute atomic E-state index is 11.1. The highest BCUT2D eigenvalue weighted by Crippen LogP contribution is 2.25. The van der Waals surface area contributed by atoms with E-state index in [1.165, 1.54) is 6.08 Å². The van der Waals surface area contributed by atoms with Gasteiger partial charge < -0.3 is 9.47 Å². The van der Waals surface area contributed by atoms with Gasteiger partial charge in [-0.15, -0.1) is 0 Å². The first-order chi connectivity index (χ1) is 10.1. The number of esters is 1. The van der Waals surface area contributed by atoms with E-state index in [0.717, 1.165) is 16.8 Å². The van der Waals surface area contributed by atoms with Crippen LogP contribution in [0.25, 0.3) is 10.8 Å². The van der Waals surface area contributed by atoms with Gasteiger partial charge in [-0.05, 0) is 41.1 Å². The maximum atomic E-state index is 11.1. The van der Waals surface area contributed by atoms with Gasteiger partial charge in [0.15, 0.2) is 12.4 Å². The van der Waals surface area contributed by atoms with Crippen LogP contribution >= 0.6 is 0 Å². The van der Waals surface area contributed by atoms with Crippen LogP contribution in [0.2, 0.25) is 0 Å². The van der Waals surface area contributed by atoms with Crippen LogP contribution in [0.3, 0.4) is 0 Å². The summed E-state index contributed by atoms with van der Waals surface area (Å²) in [6, 6.07) is 10.6. The number of carbonyl (C=O) groups excluding carboxylic acids is 2.